The van der Waals surface area contributed by atoms with Gasteiger partial charge in [-0.2, -0.15) is 4.31 Å². The Hall–Kier alpha value is -2.77. The number of amides is 2. The quantitative estimate of drug-likeness (QED) is 0.0408. The van der Waals surface area contributed by atoms with Crippen molar-refractivity contribution in [3.8, 4) is 0 Å². The van der Waals surface area contributed by atoms with Crippen LogP contribution in [0.2, 0.25) is 0 Å². The van der Waals surface area contributed by atoms with E-state index < -0.39 is 90.5 Å². The molecule has 1 aliphatic rings. The van der Waals surface area contributed by atoms with Crippen molar-refractivity contribution in [3.05, 3.63) is 12.7 Å². The van der Waals surface area contributed by atoms with Crippen LogP contribution in [-0.4, -0.2) is 128 Å². The Bertz CT molecular complexity index is 1860. The van der Waals surface area contributed by atoms with Crippen molar-refractivity contribution in [1.29, 1.82) is 0 Å². The van der Waals surface area contributed by atoms with E-state index in [-0.39, 0.29) is 53.1 Å². The van der Waals surface area contributed by atoms with E-state index in [0.29, 0.717) is 0 Å². The highest BCUT2D eigenvalue weighted by atomic mass is 32.2. The lowest BCUT2D eigenvalue weighted by atomic mass is 9.87. The molecule has 1 fully saturated rings. The third-order valence-electron chi connectivity index (χ3n) is 7.71. The third-order valence-corrected chi connectivity index (χ3v) is 11.9. The predicted molar refractivity (Wildman–Crippen MR) is 187 cm³/mol. The lowest BCUT2D eigenvalue weighted by Crippen LogP contribution is -2.46. The molecule has 310 valence electrons. The van der Waals surface area contributed by atoms with Crippen LogP contribution in [0.15, 0.2) is 12.7 Å². The van der Waals surface area contributed by atoms with Crippen molar-refractivity contribution in [1.82, 2.24) is 30.2 Å². The number of anilines is 1. The molecular weight excluding hydrogens is 823 g/mol. The Labute approximate surface area is 316 Å². The maximum Gasteiger partial charge on any atom is 0.481 e. The Morgan fingerprint density at radius 2 is 1.71 bits per heavy atom. The molecule has 1 aliphatic heterocycles. The predicted octanol–water partition coefficient (Wildman–Crippen LogP) is -1.11. The van der Waals surface area contributed by atoms with Crippen molar-refractivity contribution in [2.24, 2.45) is 11.3 Å². The highest BCUT2D eigenvalue weighted by molar-refractivity contribution is 8.13. The zero-order valence-electron chi connectivity index (χ0n) is 29.6. The number of aromatic nitrogens is 4. The minimum atomic E-state index is -5.58. The van der Waals surface area contributed by atoms with Crippen LogP contribution in [0, 0.1) is 11.3 Å². The van der Waals surface area contributed by atoms with Crippen LogP contribution in [0.4, 0.5) is 5.82 Å². The number of ether oxygens (including phenoxy) is 1. The number of carbonyl (C=O) groups excluding carboxylic acids is 4. The van der Waals surface area contributed by atoms with Crippen molar-refractivity contribution < 1.29 is 85.3 Å². The van der Waals surface area contributed by atoms with Gasteiger partial charge in [0.25, 0.3) is 0 Å². The van der Waals surface area contributed by atoms with Crippen molar-refractivity contribution in [2.45, 2.75) is 64.8 Å². The van der Waals surface area contributed by atoms with Crippen LogP contribution in [0.3, 0.4) is 0 Å². The van der Waals surface area contributed by atoms with Gasteiger partial charge in [0.15, 0.2) is 22.8 Å². The molecule has 0 saturated carbocycles. The van der Waals surface area contributed by atoms with Gasteiger partial charge in [-0.15, -0.1) is 0 Å². The number of hydrogen-bond acceptors (Lipinski definition) is 19. The summed E-state index contributed by atoms with van der Waals surface area (Å²) in [6, 6.07) is 0. The van der Waals surface area contributed by atoms with Gasteiger partial charge in [-0.05, 0) is 13.8 Å². The van der Waals surface area contributed by atoms with Crippen LogP contribution < -0.4 is 16.4 Å². The van der Waals surface area contributed by atoms with Crippen molar-refractivity contribution in [2.75, 3.05) is 37.8 Å². The molecule has 3 heterocycles. The summed E-state index contributed by atoms with van der Waals surface area (Å²) in [5, 5.41) is 25.9. The van der Waals surface area contributed by atoms with E-state index in [2.05, 4.69) is 34.4 Å². The fourth-order valence-corrected chi connectivity index (χ4v) is 8.22. The Morgan fingerprint density at radius 3 is 2.35 bits per heavy atom. The average Bonchev–Trinajstić information content (AvgIpc) is 3.64. The zero-order valence-corrected chi connectivity index (χ0v) is 33.1. The fraction of sp³-hybridized carbons (Fsp3) is 0.654. The normalized spacial score (nSPS) is 22.4. The standard InChI is InChI=1S/C26H42N7O18P3S/c1-13(14(2)34)25(39)55-8-7-28-16(35)5-6-29-23(38)20(37)26(3,4)10-48-54(45,46)51-53(43,44)47-9-15-19(50-52(40,41)42)18(36)24(49-15)33-12-32-17-21(27)30-11-31-22(17)33/h11-13,15,18-20,24,36-37H,5-10H2,1-4H3,(H,28,35)(H,29,38)(H,43,44)(H,45,46)(H2,27,30,31)(H2,40,41,42)/t13?,15-,18-,19-,20?,24-/m1/s1. The van der Waals surface area contributed by atoms with Gasteiger partial charge >= 0.3 is 23.5 Å². The molecule has 0 aliphatic carbocycles. The molecule has 25 nitrogen and oxygen atoms in total. The van der Waals surface area contributed by atoms with E-state index in [1.54, 1.807) is 0 Å². The molecule has 4 unspecified atom stereocenters. The molecule has 0 spiro atoms. The van der Waals surface area contributed by atoms with Gasteiger partial charge in [-0.25, -0.2) is 28.6 Å². The first kappa shape index (κ1) is 46.6. The van der Waals surface area contributed by atoms with Crippen LogP contribution in [0.1, 0.15) is 40.3 Å². The summed E-state index contributed by atoms with van der Waals surface area (Å²) in [5.41, 5.74) is 4.22. The first-order chi connectivity index (χ1) is 25.3. The van der Waals surface area contributed by atoms with E-state index in [9.17, 15) is 62.7 Å². The highest BCUT2D eigenvalue weighted by Crippen LogP contribution is 2.61. The second-order valence-corrected chi connectivity index (χ2v) is 17.9. The number of rotatable bonds is 21. The molecule has 0 aromatic carbocycles. The summed E-state index contributed by atoms with van der Waals surface area (Å²) in [7, 11) is -16.4. The van der Waals surface area contributed by atoms with Gasteiger partial charge in [-0.3, -0.25) is 37.3 Å². The molecule has 8 atom stereocenters. The molecule has 10 N–H and O–H groups in total. The number of phosphoric ester groups is 3. The number of carbonyl (C=O) groups is 4. The number of ketones is 1. The average molecular weight is 866 g/mol. The van der Waals surface area contributed by atoms with Gasteiger partial charge < -0.3 is 50.9 Å². The number of nitrogens with two attached hydrogens (primary N) is 1. The zero-order chi connectivity index (χ0) is 41.5. The van der Waals surface area contributed by atoms with E-state index in [4.69, 9.17) is 19.5 Å². The first-order valence-corrected chi connectivity index (χ1v) is 21.4. The van der Waals surface area contributed by atoms with Crippen molar-refractivity contribution >= 4 is 74.9 Å². The number of aliphatic hydroxyl groups excluding tert-OH is 2. The molecular formula is C26H42N7O18P3S. The van der Waals surface area contributed by atoms with Crippen molar-refractivity contribution in [3.63, 3.8) is 0 Å². The molecule has 1 saturated heterocycles. The molecule has 0 bridgehead atoms. The largest absolute Gasteiger partial charge is 0.481 e. The van der Waals surface area contributed by atoms with Gasteiger partial charge in [0.2, 0.25) is 11.8 Å². The molecule has 2 aromatic rings. The van der Waals surface area contributed by atoms with Crippen LogP contribution >= 0.6 is 35.2 Å². The SMILES string of the molecule is CC(=O)C(C)C(=O)SCCNC(=O)CCNC(=O)C(O)C(C)(C)COP(=O)(O)OP(=O)(O)OC[C@H]1O[C@@H](n2cnc3c(N)ncnc32)[C@H](O)[C@@H]1OP(=O)(O)O. The second-order valence-electron chi connectivity index (χ2n) is 12.6. The van der Waals surface area contributed by atoms with Gasteiger partial charge in [0, 0.05) is 30.7 Å². The number of hydrogen-bond donors (Lipinski definition) is 9. The van der Waals surface area contributed by atoms with E-state index in [0.717, 1.165) is 29.0 Å². The molecule has 55 heavy (non-hydrogen) atoms. The number of Topliss-reactive ketones (excluding diaryl/α,β-unsaturated/α-hetero) is 1. The minimum absolute atomic E-state index is 0.0238. The number of thioether (sulfide) groups is 1. The maximum absolute atomic E-state index is 12.7. The smallest absolute Gasteiger partial charge is 0.386 e. The summed E-state index contributed by atoms with van der Waals surface area (Å²) in [5.74, 6) is -2.38. The number of phosphoric acid groups is 3. The molecule has 29 heteroatoms. The molecule has 0 radical (unpaired) electrons. The maximum atomic E-state index is 12.7. The van der Waals surface area contributed by atoms with Crippen LogP contribution in [0.25, 0.3) is 11.2 Å². The monoisotopic (exact) mass is 865 g/mol. The number of nitrogens with zero attached hydrogens (tertiary/aromatic N) is 4. The van der Waals surface area contributed by atoms with Gasteiger partial charge in [0.05, 0.1) is 25.5 Å². The highest BCUT2D eigenvalue weighted by Gasteiger charge is 2.50. The lowest BCUT2D eigenvalue weighted by molar-refractivity contribution is -0.137. The van der Waals surface area contributed by atoms with Gasteiger partial charge in [-0.1, -0.05) is 25.6 Å². The number of fused-ring (bicyclic) bond motifs is 1. The molecule has 2 amide bonds. The summed E-state index contributed by atoms with van der Waals surface area (Å²) in [6.45, 7) is 3.06. The van der Waals surface area contributed by atoms with Crippen LogP contribution in [0.5, 0.6) is 0 Å². The summed E-state index contributed by atoms with van der Waals surface area (Å²) in [4.78, 5) is 98.5. The Morgan fingerprint density at radius 1 is 1.05 bits per heavy atom. The summed E-state index contributed by atoms with van der Waals surface area (Å²) < 4.78 is 62.0. The Balaban J connectivity index is 1.50. The van der Waals surface area contributed by atoms with Gasteiger partial charge in [0.1, 0.15) is 42.0 Å². The minimum Gasteiger partial charge on any atom is -0.386 e. The van der Waals surface area contributed by atoms with E-state index in [1.165, 1.54) is 27.7 Å². The topological polar surface area (TPSA) is 381 Å². The first-order valence-electron chi connectivity index (χ1n) is 15.9. The number of aliphatic hydroxyl groups is 2. The second kappa shape index (κ2) is 19.1. The number of nitrogens with one attached hydrogen (secondary N) is 2. The van der Waals surface area contributed by atoms with E-state index in [1.807, 2.05) is 0 Å². The summed E-state index contributed by atoms with van der Waals surface area (Å²) in [6.07, 6.45) is -7.03. The van der Waals surface area contributed by atoms with Crippen LogP contribution in [-0.2, 0) is 55.5 Å². The van der Waals surface area contributed by atoms with E-state index >= 15 is 0 Å². The summed E-state index contributed by atoms with van der Waals surface area (Å²) >= 11 is 0.886. The third kappa shape index (κ3) is 13.7. The molecule has 3 rings (SSSR count). The fourth-order valence-electron chi connectivity index (χ4n) is 4.57. The Kier molecular flexibility index (Phi) is 16.2. The molecule has 2 aromatic heterocycles. The number of imidazole rings is 1. The lowest BCUT2D eigenvalue weighted by Gasteiger charge is -2.30. The number of nitrogen functional groups attached to an aromatic ring is 1.